The largest absolute Gasteiger partial charge is 0.394 e. The van der Waals surface area contributed by atoms with E-state index >= 15 is 0 Å². The molecule has 0 amide bonds. The lowest BCUT2D eigenvalue weighted by Gasteiger charge is -2.16. The average molecular weight is 507 g/mol. The molecule has 9 heteroatoms. The van der Waals surface area contributed by atoms with Crippen LogP contribution in [0.1, 0.15) is 62.3 Å². The third kappa shape index (κ3) is 27.2. The number of nitrogens with zero attached hydrogens (tertiary/aromatic N) is 1. The normalized spacial score (nSPS) is 11.8. The Labute approximate surface area is 214 Å². The van der Waals surface area contributed by atoms with Gasteiger partial charge in [-0.15, -0.1) is 0 Å². The monoisotopic (exact) mass is 506 g/mol. The van der Waals surface area contributed by atoms with Crippen LogP contribution in [0, 0.1) is 16.2 Å². The van der Waals surface area contributed by atoms with Gasteiger partial charge in [-0.1, -0.05) is 62.3 Å². The van der Waals surface area contributed by atoms with E-state index in [1.807, 2.05) is 81.3 Å². The topological polar surface area (TPSA) is 128 Å². The molecule has 0 atom stereocenters. The number of carbonyl (C=O) groups excluding carboxylic acids is 3. The Hall–Kier alpha value is -1.23. The first kappa shape index (κ1) is 38.3. The fourth-order valence-electron chi connectivity index (χ4n) is 1.54. The number of likely N-dealkylation sites (N-methyl/N-ethyl adjacent to an activating group) is 1. The summed E-state index contributed by atoms with van der Waals surface area (Å²) in [7, 11) is 3.96. The predicted octanol–water partition coefficient (Wildman–Crippen LogP) is 2.37. The zero-order chi connectivity index (χ0) is 28.3. The highest BCUT2D eigenvalue weighted by atomic mass is 16.5. The third-order valence-corrected chi connectivity index (χ3v) is 4.39. The van der Waals surface area contributed by atoms with Gasteiger partial charge in [0.15, 0.2) is 17.3 Å². The van der Waals surface area contributed by atoms with Gasteiger partial charge in [0.2, 0.25) is 0 Å². The molecule has 9 nitrogen and oxygen atoms in total. The summed E-state index contributed by atoms with van der Waals surface area (Å²) in [5.74, 6) is 0.336. The second kappa shape index (κ2) is 19.9. The number of Topliss-reactive ketones (excluding diaryl/α,β-unsaturated/α-hetero) is 3. The predicted molar refractivity (Wildman–Crippen MR) is 141 cm³/mol. The summed E-state index contributed by atoms with van der Waals surface area (Å²) in [6.07, 6.45) is 0. The Morgan fingerprint density at radius 1 is 0.657 bits per heavy atom. The van der Waals surface area contributed by atoms with Crippen molar-refractivity contribution in [3.63, 3.8) is 0 Å². The maximum atomic E-state index is 11.4. The van der Waals surface area contributed by atoms with E-state index in [0.29, 0.717) is 19.8 Å². The summed E-state index contributed by atoms with van der Waals surface area (Å²) in [5.41, 5.74) is 4.27. The molecule has 210 valence electrons. The zero-order valence-corrected chi connectivity index (χ0v) is 24.3. The van der Waals surface area contributed by atoms with E-state index < -0.39 is 0 Å². The maximum absolute atomic E-state index is 11.4. The van der Waals surface area contributed by atoms with E-state index in [1.54, 1.807) is 0 Å². The summed E-state index contributed by atoms with van der Waals surface area (Å²) < 4.78 is 15.1. The van der Waals surface area contributed by atoms with Crippen LogP contribution in [-0.4, -0.2) is 101 Å². The fraction of sp³-hybridized carbons (Fsp3) is 0.885. The van der Waals surface area contributed by atoms with Crippen LogP contribution in [0.3, 0.4) is 0 Å². The van der Waals surface area contributed by atoms with E-state index in [-0.39, 0.29) is 66.6 Å². The lowest BCUT2D eigenvalue weighted by molar-refractivity contribution is -0.131. The average Bonchev–Trinajstić information content (AvgIpc) is 2.70. The van der Waals surface area contributed by atoms with Gasteiger partial charge in [-0.3, -0.25) is 14.4 Å². The molecule has 0 radical (unpaired) electrons. The smallest absolute Gasteiger partial charge is 0.163 e. The number of rotatable bonds is 13. The first-order chi connectivity index (χ1) is 15.8. The Balaban J connectivity index is -0.000000441. The highest BCUT2D eigenvalue weighted by Crippen LogP contribution is 2.15. The Morgan fingerprint density at radius 2 is 0.971 bits per heavy atom. The van der Waals surface area contributed by atoms with Crippen LogP contribution in [-0.2, 0) is 28.6 Å². The number of aliphatic hydroxyl groups excluding tert-OH is 1. The molecule has 0 aromatic rings. The van der Waals surface area contributed by atoms with Crippen LogP contribution >= 0.6 is 0 Å². The van der Waals surface area contributed by atoms with Crippen molar-refractivity contribution in [2.24, 2.45) is 22.0 Å². The molecule has 0 saturated carbocycles. The molecule has 0 heterocycles. The molecule has 0 unspecified atom stereocenters. The van der Waals surface area contributed by atoms with Gasteiger partial charge in [-0.25, -0.2) is 0 Å². The minimum atomic E-state index is -0.338. The van der Waals surface area contributed by atoms with Crippen LogP contribution < -0.4 is 5.73 Å². The molecule has 0 bridgehead atoms. The van der Waals surface area contributed by atoms with Gasteiger partial charge in [0.05, 0.1) is 26.4 Å². The molecule has 0 saturated heterocycles. The second-order valence-electron chi connectivity index (χ2n) is 11.5. The van der Waals surface area contributed by atoms with E-state index in [0.717, 1.165) is 6.54 Å². The van der Waals surface area contributed by atoms with Crippen molar-refractivity contribution in [3.8, 4) is 0 Å². The van der Waals surface area contributed by atoms with Crippen molar-refractivity contribution < 1.29 is 33.7 Å². The van der Waals surface area contributed by atoms with Gasteiger partial charge in [0.25, 0.3) is 0 Å². The molecule has 0 aromatic carbocycles. The number of nitrogens with two attached hydrogens (primary N) is 1. The highest BCUT2D eigenvalue weighted by Gasteiger charge is 2.22. The minimum absolute atomic E-state index is 0.0303. The number of aliphatic hydroxyl groups is 1. The lowest BCUT2D eigenvalue weighted by Crippen LogP contribution is -2.27. The molecular weight excluding hydrogens is 452 g/mol. The van der Waals surface area contributed by atoms with Crippen molar-refractivity contribution in [2.45, 2.75) is 62.3 Å². The maximum Gasteiger partial charge on any atom is 0.163 e. The van der Waals surface area contributed by atoms with E-state index in [2.05, 4.69) is 0 Å². The van der Waals surface area contributed by atoms with E-state index in [9.17, 15) is 14.4 Å². The Morgan fingerprint density at radius 3 is 1.23 bits per heavy atom. The molecule has 3 N–H and O–H groups in total. The van der Waals surface area contributed by atoms with Crippen molar-refractivity contribution in [2.75, 3.05) is 73.4 Å². The van der Waals surface area contributed by atoms with Gasteiger partial charge in [-0.05, 0) is 14.1 Å². The molecular formula is C26H54N2O7. The quantitative estimate of drug-likeness (QED) is 0.362. The SMILES string of the molecule is CC(C)(C)C(=O)COCCN.CC(C)(C)C(=O)COCCO.CN(C)CCOCC(=O)C(C)(C)C. The molecule has 0 aliphatic rings. The minimum Gasteiger partial charge on any atom is -0.394 e. The van der Waals surface area contributed by atoms with E-state index in [1.165, 1.54) is 0 Å². The summed E-state index contributed by atoms with van der Waals surface area (Å²) >= 11 is 0. The van der Waals surface area contributed by atoms with Gasteiger partial charge in [0, 0.05) is 29.3 Å². The van der Waals surface area contributed by atoms with Crippen molar-refractivity contribution >= 4 is 17.3 Å². The first-order valence-corrected chi connectivity index (χ1v) is 12.1. The van der Waals surface area contributed by atoms with Crippen LogP contribution in [0.5, 0.6) is 0 Å². The van der Waals surface area contributed by atoms with Crippen molar-refractivity contribution in [1.82, 2.24) is 4.90 Å². The first-order valence-electron chi connectivity index (χ1n) is 12.1. The molecule has 35 heavy (non-hydrogen) atoms. The third-order valence-electron chi connectivity index (χ3n) is 4.39. The summed E-state index contributed by atoms with van der Waals surface area (Å²) in [6.45, 7) is 20.0. The molecule has 0 aromatic heterocycles. The standard InChI is InChI=1S/C10H21NO2.C8H17NO2.C8H16O3/c1-10(2,3)9(12)8-13-7-6-11(4)5;2*1-8(2,3)7(10)6-11-5-4-9/h6-8H2,1-5H3;4-6,9H2,1-3H3;9H,4-6H2,1-3H3. The second-order valence-corrected chi connectivity index (χ2v) is 11.5. The number of hydrogen-bond acceptors (Lipinski definition) is 9. The Bertz CT molecular complexity index is 540. The summed E-state index contributed by atoms with van der Waals surface area (Å²) in [6, 6.07) is 0. The van der Waals surface area contributed by atoms with Gasteiger partial charge >= 0.3 is 0 Å². The summed E-state index contributed by atoms with van der Waals surface area (Å²) in [5, 5.41) is 8.35. The number of ketones is 3. The van der Waals surface area contributed by atoms with Gasteiger partial charge in [0.1, 0.15) is 19.8 Å². The van der Waals surface area contributed by atoms with Crippen LogP contribution in [0.25, 0.3) is 0 Å². The lowest BCUT2D eigenvalue weighted by atomic mass is 9.91. The Kier molecular flexibility index (Phi) is 21.8. The summed E-state index contributed by atoms with van der Waals surface area (Å²) in [4.78, 5) is 35.7. The molecule has 0 aliphatic heterocycles. The number of ether oxygens (including phenoxy) is 3. The fourth-order valence-corrected chi connectivity index (χ4v) is 1.54. The molecule has 0 aliphatic carbocycles. The van der Waals surface area contributed by atoms with Crippen molar-refractivity contribution in [1.29, 1.82) is 0 Å². The zero-order valence-electron chi connectivity index (χ0n) is 24.3. The van der Waals surface area contributed by atoms with E-state index in [4.69, 9.17) is 25.1 Å². The van der Waals surface area contributed by atoms with Gasteiger partial charge in [-0.2, -0.15) is 0 Å². The van der Waals surface area contributed by atoms with Crippen LogP contribution in [0.15, 0.2) is 0 Å². The molecule has 0 spiro atoms. The highest BCUT2D eigenvalue weighted by molar-refractivity contribution is 5.85. The molecule has 0 fully saturated rings. The van der Waals surface area contributed by atoms with Crippen molar-refractivity contribution in [3.05, 3.63) is 0 Å². The van der Waals surface area contributed by atoms with Crippen LogP contribution in [0.4, 0.5) is 0 Å². The van der Waals surface area contributed by atoms with Gasteiger partial charge < -0.3 is 30.0 Å². The number of carbonyl (C=O) groups is 3. The number of hydrogen-bond donors (Lipinski definition) is 2. The van der Waals surface area contributed by atoms with Crippen LogP contribution in [0.2, 0.25) is 0 Å². The molecule has 0 rings (SSSR count).